The lowest BCUT2D eigenvalue weighted by Crippen LogP contribution is -2.40. The van der Waals surface area contributed by atoms with E-state index in [1.54, 1.807) is 0 Å². The molecular formula is C14H25N5O. The fourth-order valence-electron chi connectivity index (χ4n) is 2.69. The number of rotatable bonds is 6. The van der Waals surface area contributed by atoms with Crippen molar-refractivity contribution in [3.8, 4) is 0 Å². The predicted molar refractivity (Wildman–Crippen MR) is 81.9 cm³/mol. The van der Waals surface area contributed by atoms with Gasteiger partial charge in [-0.1, -0.05) is 6.92 Å². The molecule has 0 saturated carbocycles. The van der Waals surface area contributed by atoms with E-state index in [2.05, 4.69) is 27.1 Å². The first-order valence-electron chi connectivity index (χ1n) is 7.50. The molecule has 0 radical (unpaired) electrons. The smallest absolute Gasteiger partial charge is 0.223 e. The Morgan fingerprint density at radius 1 is 1.45 bits per heavy atom. The molecule has 6 heteroatoms. The van der Waals surface area contributed by atoms with Gasteiger partial charge in [0.1, 0.15) is 11.6 Å². The number of aliphatic hydroxyl groups is 1. The normalized spacial score (nSPS) is 19.1. The maximum Gasteiger partial charge on any atom is 0.223 e. The monoisotopic (exact) mass is 279 g/mol. The average Bonchev–Trinajstić information content (AvgIpc) is 2.45. The van der Waals surface area contributed by atoms with Gasteiger partial charge in [0.25, 0.3) is 0 Å². The van der Waals surface area contributed by atoms with Crippen LogP contribution in [0.5, 0.6) is 0 Å². The van der Waals surface area contributed by atoms with Crippen molar-refractivity contribution in [1.29, 1.82) is 0 Å². The molecule has 0 amide bonds. The average molecular weight is 279 g/mol. The molecule has 0 aromatic carbocycles. The summed E-state index contributed by atoms with van der Waals surface area (Å²) in [5.74, 6) is 1.95. The van der Waals surface area contributed by atoms with E-state index in [1.165, 1.54) is 6.42 Å². The van der Waals surface area contributed by atoms with E-state index >= 15 is 0 Å². The Balaban J connectivity index is 2.18. The van der Waals surface area contributed by atoms with E-state index < -0.39 is 0 Å². The van der Waals surface area contributed by atoms with Gasteiger partial charge in [-0.25, -0.2) is 0 Å². The topological polar surface area (TPSA) is 87.3 Å². The summed E-state index contributed by atoms with van der Waals surface area (Å²) >= 11 is 0. The molecule has 1 atom stereocenters. The third-order valence-electron chi connectivity index (χ3n) is 3.67. The molecule has 2 heterocycles. The van der Waals surface area contributed by atoms with Crippen LogP contribution < -0.4 is 16.0 Å². The molecule has 1 saturated heterocycles. The van der Waals surface area contributed by atoms with Gasteiger partial charge in [-0.3, -0.25) is 0 Å². The van der Waals surface area contributed by atoms with Gasteiger partial charge in [-0.2, -0.15) is 9.97 Å². The Bertz CT molecular complexity index is 424. The van der Waals surface area contributed by atoms with Crippen LogP contribution in [0.3, 0.4) is 0 Å². The molecule has 112 valence electrons. The zero-order valence-corrected chi connectivity index (χ0v) is 12.2. The molecule has 0 bridgehead atoms. The quantitative estimate of drug-likeness (QED) is 0.733. The van der Waals surface area contributed by atoms with Crippen molar-refractivity contribution in [2.75, 3.05) is 35.6 Å². The molecule has 4 N–H and O–H groups in total. The third-order valence-corrected chi connectivity index (χ3v) is 3.67. The first kappa shape index (κ1) is 14.8. The first-order chi connectivity index (χ1) is 9.74. The number of hydrogen-bond donors (Lipinski definition) is 3. The van der Waals surface area contributed by atoms with Gasteiger partial charge >= 0.3 is 0 Å². The van der Waals surface area contributed by atoms with Crippen LogP contribution in [0.1, 0.15) is 39.0 Å². The van der Waals surface area contributed by atoms with Gasteiger partial charge in [0.05, 0.1) is 0 Å². The van der Waals surface area contributed by atoms with E-state index in [4.69, 9.17) is 5.73 Å². The summed E-state index contributed by atoms with van der Waals surface area (Å²) in [6.07, 6.45) is 5.28. The zero-order chi connectivity index (χ0) is 14.4. The molecule has 0 spiro atoms. The molecule has 1 aliphatic heterocycles. The van der Waals surface area contributed by atoms with Gasteiger partial charge in [0, 0.05) is 31.8 Å². The third kappa shape index (κ3) is 3.72. The van der Waals surface area contributed by atoms with Crippen LogP contribution in [-0.4, -0.2) is 40.8 Å². The molecular weight excluding hydrogens is 254 g/mol. The number of anilines is 3. The minimum absolute atomic E-state index is 0.211. The highest BCUT2D eigenvalue weighted by atomic mass is 16.3. The van der Waals surface area contributed by atoms with Gasteiger partial charge in [-0.05, 0) is 32.1 Å². The number of hydrogen-bond acceptors (Lipinski definition) is 6. The molecule has 1 aromatic heterocycles. The number of aromatic nitrogens is 2. The molecule has 1 fully saturated rings. The summed E-state index contributed by atoms with van der Waals surface area (Å²) in [6, 6.07) is 2.31. The van der Waals surface area contributed by atoms with Crippen LogP contribution in [-0.2, 0) is 0 Å². The van der Waals surface area contributed by atoms with Crippen LogP contribution in [0.4, 0.5) is 17.6 Å². The maximum atomic E-state index is 9.21. The van der Waals surface area contributed by atoms with Gasteiger partial charge in [-0.15, -0.1) is 0 Å². The van der Waals surface area contributed by atoms with Crippen molar-refractivity contribution in [3.05, 3.63) is 6.07 Å². The number of nitrogens with one attached hydrogen (secondary N) is 1. The van der Waals surface area contributed by atoms with Crippen LogP contribution in [0.25, 0.3) is 0 Å². The Kier molecular flexibility index (Phi) is 5.40. The van der Waals surface area contributed by atoms with Crippen LogP contribution >= 0.6 is 0 Å². The standard InChI is InChI=1S/C14H25N5O/c1-2-7-16-12-10-13(18-14(15)17-12)19-8-4-3-5-11(19)6-9-20/h10-11,20H,2-9H2,1H3,(H3,15,16,17,18). The van der Waals surface area contributed by atoms with E-state index in [1.807, 2.05) is 6.07 Å². The van der Waals surface area contributed by atoms with Crippen LogP contribution in [0.2, 0.25) is 0 Å². The van der Waals surface area contributed by atoms with Crippen molar-refractivity contribution in [1.82, 2.24) is 9.97 Å². The molecule has 1 aromatic rings. The van der Waals surface area contributed by atoms with Crippen molar-refractivity contribution < 1.29 is 5.11 Å². The number of nitrogen functional groups attached to an aromatic ring is 1. The second-order valence-electron chi connectivity index (χ2n) is 5.25. The van der Waals surface area contributed by atoms with Gasteiger partial charge in [0.2, 0.25) is 5.95 Å². The largest absolute Gasteiger partial charge is 0.396 e. The molecule has 6 nitrogen and oxygen atoms in total. The Labute approximate surface area is 120 Å². The first-order valence-corrected chi connectivity index (χ1v) is 7.50. The number of piperidine rings is 1. The van der Waals surface area contributed by atoms with Gasteiger partial charge in [0.15, 0.2) is 0 Å². The Morgan fingerprint density at radius 3 is 3.05 bits per heavy atom. The van der Waals surface area contributed by atoms with Crippen molar-refractivity contribution in [3.63, 3.8) is 0 Å². The summed E-state index contributed by atoms with van der Waals surface area (Å²) in [5, 5.41) is 12.5. The highest BCUT2D eigenvalue weighted by Crippen LogP contribution is 2.26. The van der Waals surface area contributed by atoms with E-state index in [0.29, 0.717) is 12.0 Å². The summed E-state index contributed by atoms with van der Waals surface area (Å²) < 4.78 is 0. The fraction of sp³-hybridized carbons (Fsp3) is 0.714. The number of aliphatic hydroxyl groups excluding tert-OH is 1. The van der Waals surface area contributed by atoms with Crippen molar-refractivity contribution in [2.24, 2.45) is 0 Å². The zero-order valence-electron chi connectivity index (χ0n) is 12.2. The van der Waals surface area contributed by atoms with Crippen molar-refractivity contribution >= 4 is 17.6 Å². The van der Waals surface area contributed by atoms with E-state index in [0.717, 1.165) is 50.4 Å². The predicted octanol–water partition coefficient (Wildman–Crippen LogP) is 1.62. The Morgan fingerprint density at radius 2 is 2.30 bits per heavy atom. The van der Waals surface area contributed by atoms with Crippen LogP contribution in [0.15, 0.2) is 6.07 Å². The summed E-state index contributed by atoms with van der Waals surface area (Å²) in [6.45, 7) is 4.16. The maximum absolute atomic E-state index is 9.21. The van der Waals surface area contributed by atoms with Crippen LogP contribution in [0, 0.1) is 0 Å². The second-order valence-corrected chi connectivity index (χ2v) is 5.25. The van der Waals surface area contributed by atoms with Crippen molar-refractivity contribution in [2.45, 2.75) is 45.1 Å². The highest BCUT2D eigenvalue weighted by molar-refractivity contribution is 5.53. The molecule has 0 aliphatic carbocycles. The fourth-order valence-corrected chi connectivity index (χ4v) is 2.69. The Hall–Kier alpha value is -1.56. The molecule has 2 rings (SSSR count). The highest BCUT2D eigenvalue weighted by Gasteiger charge is 2.23. The second kappa shape index (κ2) is 7.28. The minimum Gasteiger partial charge on any atom is -0.396 e. The molecule has 1 unspecified atom stereocenters. The lowest BCUT2D eigenvalue weighted by Gasteiger charge is -2.36. The summed E-state index contributed by atoms with van der Waals surface area (Å²) in [4.78, 5) is 10.8. The lowest BCUT2D eigenvalue weighted by molar-refractivity contribution is 0.262. The van der Waals surface area contributed by atoms with E-state index in [-0.39, 0.29) is 6.61 Å². The SMILES string of the molecule is CCCNc1cc(N2CCCCC2CCO)nc(N)n1. The van der Waals surface area contributed by atoms with E-state index in [9.17, 15) is 5.11 Å². The number of nitrogens with two attached hydrogens (primary N) is 1. The summed E-state index contributed by atoms with van der Waals surface area (Å²) in [7, 11) is 0. The summed E-state index contributed by atoms with van der Waals surface area (Å²) in [5.41, 5.74) is 5.82. The molecule has 1 aliphatic rings. The minimum atomic E-state index is 0.211. The molecule has 20 heavy (non-hydrogen) atoms. The number of nitrogens with zero attached hydrogens (tertiary/aromatic N) is 3. The lowest BCUT2D eigenvalue weighted by atomic mass is 10.00. The van der Waals surface area contributed by atoms with Gasteiger partial charge < -0.3 is 21.1 Å².